The molecule has 0 aliphatic heterocycles. The van der Waals surface area contributed by atoms with Crippen LogP contribution < -0.4 is 0 Å². The molecular formula is C6H9. The Morgan fingerprint density at radius 3 is 2.50 bits per heavy atom. The summed E-state index contributed by atoms with van der Waals surface area (Å²) in [6, 6.07) is 0. The molecule has 33 valence electrons. The zero-order valence-electron chi connectivity index (χ0n) is 3.91. The molecule has 0 bridgehead atoms. The van der Waals surface area contributed by atoms with E-state index in [4.69, 9.17) is 6.42 Å². The third-order valence-electron chi connectivity index (χ3n) is 0.571. The summed E-state index contributed by atoms with van der Waals surface area (Å²) in [7, 11) is 0. The Morgan fingerprint density at radius 1 is 1.67 bits per heavy atom. The second-order valence-electron chi connectivity index (χ2n) is 1.16. The van der Waals surface area contributed by atoms with Crippen molar-refractivity contribution < 1.29 is 0 Å². The van der Waals surface area contributed by atoms with Crippen molar-refractivity contribution in [1.29, 1.82) is 0 Å². The minimum Gasteiger partial charge on any atom is -0.120 e. The van der Waals surface area contributed by atoms with Gasteiger partial charge in [-0.05, 0) is 6.42 Å². The molecule has 0 aliphatic carbocycles. The van der Waals surface area contributed by atoms with E-state index in [1.807, 2.05) is 0 Å². The Morgan fingerprint density at radius 2 is 2.33 bits per heavy atom. The van der Waals surface area contributed by atoms with E-state index in [-0.39, 0.29) is 0 Å². The van der Waals surface area contributed by atoms with Crippen LogP contribution in [-0.2, 0) is 0 Å². The summed E-state index contributed by atoms with van der Waals surface area (Å²) in [5, 5.41) is 0. The van der Waals surface area contributed by atoms with Crippen LogP contribution in [0.25, 0.3) is 0 Å². The summed E-state index contributed by atoms with van der Waals surface area (Å²) >= 11 is 0. The van der Waals surface area contributed by atoms with Crippen molar-refractivity contribution in [2.24, 2.45) is 0 Å². The van der Waals surface area contributed by atoms with Gasteiger partial charge in [-0.15, -0.1) is 12.3 Å². The first-order chi connectivity index (χ1) is 2.91. The van der Waals surface area contributed by atoms with Crippen LogP contribution in [0, 0.1) is 19.3 Å². The van der Waals surface area contributed by atoms with E-state index < -0.39 is 0 Å². The van der Waals surface area contributed by atoms with Crippen LogP contribution >= 0.6 is 0 Å². The van der Waals surface area contributed by atoms with Crippen molar-refractivity contribution in [3.63, 3.8) is 0 Å². The molecule has 0 fully saturated rings. The minimum absolute atomic E-state index is 0.878. The lowest BCUT2D eigenvalue weighted by Gasteiger charge is -1.79. The summed E-state index contributed by atoms with van der Waals surface area (Å²) in [4.78, 5) is 0. The maximum absolute atomic E-state index is 4.94. The van der Waals surface area contributed by atoms with Gasteiger partial charge in [-0.2, -0.15) is 0 Å². The van der Waals surface area contributed by atoms with Crippen molar-refractivity contribution >= 4 is 0 Å². The molecular weight excluding hydrogens is 72.1 g/mol. The number of unbranched alkanes of at least 4 members (excludes halogenated alkanes) is 2. The van der Waals surface area contributed by atoms with E-state index >= 15 is 0 Å². The summed E-state index contributed by atoms with van der Waals surface area (Å²) in [6.07, 6.45) is 7.84. The van der Waals surface area contributed by atoms with Gasteiger partial charge >= 0.3 is 0 Å². The lowest BCUT2D eigenvalue weighted by atomic mass is 10.3. The number of hydrogen-bond acceptors (Lipinski definition) is 0. The highest BCUT2D eigenvalue weighted by atomic mass is 13.8. The predicted octanol–water partition coefficient (Wildman–Crippen LogP) is 1.62. The average molecular weight is 81.1 g/mol. The predicted molar refractivity (Wildman–Crippen MR) is 28.0 cm³/mol. The first kappa shape index (κ1) is 5.56. The average Bonchev–Trinajstić information content (AvgIpc) is 1.61. The molecule has 0 aromatic rings. The zero-order chi connectivity index (χ0) is 4.83. The van der Waals surface area contributed by atoms with E-state index in [0.29, 0.717) is 0 Å². The highest BCUT2D eigenvalue weighted by molar-refractivity contribution is 4.82. The van der Waals surface area contributed by atoms with E-state index in [1.165, 1.54) is 0 Å². The number of hydrogen-bond donors (Lipinski definition) is 0. The van der Waals surface area contributed by atoms with E-state index in [9.17, 15) is 0 Å². The van der Waals surface area contributed by atoms with Crippen molar-refractivity contribution in [1.82, 2.24) is 0 Å². The van der Waals surface area contributed by atoms with Gasteiger partial charge in [0, 0.05) is 6.42 Å². The van der Waals surface area contributed by atoms with Gasteiger partial charge in [-0.3, -0.25) is 0 Å². The smallest absolute Gasteiger partial charge is 0.00860 e. The molecule has 0 aromatic carbocycles. The first-order valence-corrected chi connectivity index (χ1v) is 2.14. The molecule has 0 unspecified atom stereocenters. The summed E-state index contributed by atoms with van der Waals surface area (Å²) in [5.41, 5.74) is 0. The lowest BCUT2D eigenvalue weighted by Crippen LogP contribution is -1.63. The molecule has 0 saturated heterocycles. The van der Waals surface area contributed by atoms with Crippen LogP contribution in [0.4, 0.5) is 0 Å². The van der Waals surface area contributed by atoms with Crippen LogP contribution in [0.3, 0.4) is 0 Å². The molecule has 1 radical (unpaired) electrons. The Bertz CT molecular complexity index is 47.5. The molecule has 0 aromatic heterocycles. The molecule has 0 heterocycles. The van der Waals surface area contributed by atoms with Crippen LogP contribution in [0.2, 0.25) is 0 Å². The standard InChI is InChI=1S/C6H9/c1-3-5-6-4-2/h1H,2,4-6H2. The van der Waals surface area contributed by atoms with Crippen LogP contribution in [0.1, 0.15) is 19.3 Å². The van der Waals surface area contributed by atoms with E-state index in [1.54, 1.807) is 0 Å². The van der Waals surface area contributed by atoms with Crippen molar-refractivity contribution in [2.45, 2.75) is 19.3 Å². The second-order valence-corrected chi connectivity index (χ2v) is 1.16. The van der Waals surface area contributed by atoms with Gasteiger partial charge in [-0.25, -0.2) is 0 Å². The molecule has 0 nitrogen and oxygen atoms in total. The fourth-order valence-corrected chi connectivity index (χ4v) is 0.227. The molecule has 0 spiro atoms. The fourth-order valence-electron chi connectivity index (χ4n) is 0.227. The van der Waals surface area contributed by atoms with Gasteiger partial charge < -0.3 is 0 Å². The molecule has 0 heteroatoms. The Hall–Kier alpha value is -0.440. The maximum Gasteiger partial charge on any atom is 0.00860 e. The van der Waals surface area contributed by atoms with Gasteiger partial charge in [-0.1, -0.05) is 13.3 Å². The number of terminal acetylenes is 1. The van der Waals surface area contributed by atoms with Gasteiger partial charge in [0.1, 0.15) is 0 Å². The Labute approximate surface area is 39.6 Å². The van der Waals surface area contributed by atoms with Gasteiger partial charge in [0.25, 0.3) is 0 Å². The van der Waals surface area contributed by atoms with Crippen molar-refractivity contribution in [2.75, 3.05) is 0 Å². The molecule has 0 atom stereocenters. The first-order valence-electron chi connectivity index (χ1n) is 2.14. The van der Waals surface area contributed by atoms with E-state index in [0.717, 1.165) is 19.3 Å². The summed E-state index contributed by atoms with van der Waals surface area (Å²) in [6.45, 7) is 3.63. The topological polar surface area (TPSA) is 0 Å². The Kier molecular flexibility index (Phi) is 4.23. The quantitative estimate of drug-likeness (QED) is 0.350. The minimum atomic E-state index is 0.878. The van der Waals surface area contributed by atoms with Crippen LogP contribution in [0.5, 0.6) is 0 Å². The zero-order valence-corrected chi connectivity index (χ0v) is 3.91. The van der Waals surface area contributed by atoms with Crippen LogP contribution in [0.15, 0.2) is 0 Å². The molecule has 0 rings (SSSR count). The number of rotatable bonds is 2. The SMILES string of the molecule is C#CCCC[CH2]. The molecule has 0 saturated carbocycles. The third-order valence-corrected chi connectivity index (χ3v) is 0.571. The Balaban J connectivity index is 2.54. The molecule has 0 amide bonds. The highest BCUT2D eigenvalue weighted by Gasteiger charge is 1.71. The normalized spacial score (nSPS) is 7.33. The molecule has 0 aliphatic rings. The lowest BCUT2D eigenvalue weighted by molar-refractivity contribution is 0.883. The summed E-state index contributed by atoms with van der Waals surface area (Å²) in [5.74, 6) is 2.53. The third kappa shape index (κ3) is 3.56. The van der Waals surface area contributed by atoms with E-state index in [2.05, 4.69) is 12.8 Å². The van der Waals surface area contributed by atoms with Crippen molar-refractivity contribution in [3.8, 4) is 12.3 Å². The van der Waals surface area contributed by atoms with Crippen molar-refractivity contribution in [3.05, 3.63) is 6.92 Å². The highest BCUT2D eigenvalue weighted by Crippen LogP contribution is 1.88. The second kappa shape index (κ2) is 4.56. The van der Waals surface area contributed by atoms with Gasteiger partial charge in [0.15, 0.2) is 0 Å². The maximum atomic E-state index is 4.94. The largest absolute Gasteiger partial charge is 0.120 e. The fraction of sp³-hybridized carbons (Fsp3) is 0.500. The van der Waals surface area contributed by atoms with Gasteiger partial charge in [0.05, 0.1) is 0 Å². The summed E-state index contributed by atoms with van der Waals surface area (Å²) < 4.78 is 0. The molecule has 0 N–H and O–H groups in total. The monoisotopic (exact) mass is 81.1 g/mol. The molecule has 6 heavy (non-hydrogen) atoms. The van der Waals surface area contributed by atoms with Crippen LogP contribution in [-0.4, -0.2) is 0 Å². The van der Waals surface area contributed by atoms with Gasteiger partial charge in [0.2, 0.25) is 0 Å².